The number of carbonyl (C=O) groups excluding carboxylic acids is 1. The van der Waals surface area contributed by atoms with Crippen molar-refractivity contribution in [2.45, 2.75) is 26.6 Å². The first kappa shape index (κ1) is 24.3. The van der Waals surface area contributed by atoms with Crippen LogP contribution < -0.4 is 14.8 Å². The Hall–Kier alpha value is -4.38. The fraction of sp³-hybridized carbons (Fsp3) is 0.240. The van der Waals surface area contributed by atoms with Crippen LogP contribution in [0.2, 0.25) is 5.02 Å². The second kappa shape index (κ2) is 10.3. The molecule has 0 radical (unpaired) electrons. The van der Waals surface area contributed by atoms with Crippen LogP contribution in [0.4, 0.5) is 0 Å². The van der Waals surface area contributed by atoms with Gasteiger partial charge in [0.2, 0.25) is 0 Å². The number of imidazole rings is 1. The molecule has 0 unspecified atom stereocenters. The minimum atomic E-state index is -0.364. The van der Waals surface area contributed by atoms with E-state index in [1.54, 1.807) is 35.4 Å². The van der Waals surface area contributed by atoms with Crippen LogP contribution in [0.3, 0.4) is 0 Å². The molecule has 1 amide bonds. The topological polar surface area (TPSA) is 122 Å². The third-order valence-corrected chi connectivity index (χ3v) is 6.09. The smallest absolute Gasteiger partial charge is 0.276 e. The predicted molar refractivity (Wildman–Crippen MR) is 136 cm³/mol. The molecule has 0 bridgehead atoms. The Morgan fingerprint density at radius 2 is 2.05 bits per heavy atom. The van der Waals surface area contributed by atoms with Crippen LogP contribution in [0, 0.1) is 6.92 Å². The second-order valence-electron chi connectivity index (χ2n) is 8.25. The number of nitrogens with zero attached hydrogens (tertiary/aromatic N) is 6. The number of rotatable bonds is 9. The van der Waals surface area contributed by atoms with E-state index in [0.717, 1.165) is 16.5 Å². The van der Waals surface area contributed by atoms with Crippen molar-refractivity contribution in [2.24, 2.45) is 0 Å². The number of amides is 1. The predicted octanol–water partition coefficient (Wildman–Crippen LogP) is 3.89. The molecule has 0 atom stereocenters. The van der Waals surface area contributed by atoms with Crippen LogP contribution in [0.15, 0.2) is 53.6 Å². The second-order valence-corrected chi connectivity index (χ2v) is 8.66. The summed E-state index contributed by atoms with van der Waals surface area (Å²) < 4.78 is 20.0. The highest BCUT2D eigenvalue weighted by Crippen LogP contribution is 2.34. The van der Waals surface area contributed by atoms with E-state index in [1.165, 1.54) is 14.2 Å². The van der Waals surface area contributed by atoms with Gasteiger partial charge >= 0.3 is 0 Å². The highest BCUT2D eigenvalue weighted by atomic mass is 35.5. The largest absolute Gasteiger partial charge is 0.493 e. The van der Waals surface area contributed by atoms with E-state index in [0.29, 0.717) is 46.7 Å². The lowest BCUT2D eigenvalue weighted by atomic mass is 10.1. The SMILES string of the molecule is COc1cccc(C(=O)NCc2noc(-c3c4c(Cl)cc(C)cc4nn3CCn3ccnc3)n2)c1OC. The lowest BCUT2D eigenvalue weighted by molar-refractivity contribution is 0.0946. The standard InChI is InChI=1S/C25H24ClN7O4/c1-15-11-17(26)21-18(12-15)30-33(10-9-32-8-7-27-14-32)22(21)25-29-20(31-37-25)13-28-24(34)16-5-4-6-19(35-2)23(16)36-3/h4-8,11-12,14H,9-10,13H2,1-3H3,(H,28,34). The van der Waals surface area contributed by atoms with Crippen LogP contribution in [-0.2, 0) is 19.6 Å². The summed E-state index contributed by atoms with van der Waals surface area (Å²) in [6, 6.07) is 8.90. The normalized spacial score (nSPS) is 11.1. The van der Waals surface area contributed by atoms with Gasteiger partial charge in [-0.1, -0.05) is 22.8 Å². The molecule has 5 rings (SSSR count). The van der Waals surface area contributed by atoms with Crippen LogP contribution in [0.25, 0.3) is 22.5 Å². The number of ether oxygens (including phenoxy) is 2. The van der Waals surface area contributed by atoms with Crippen molar-refractivity contribution in [3.8, 4) is 23.1 Å². The number of hydrogen-bond donors (Lipinski definition) is 1. The summed E-state index contributed by atoms with van der Waals surface area (Å²) in [5.41, 5.74) is 2.66. The monoisotopic (exact) mass is 521 g/mol. The van der Waals surface area contributed by atoms with E-state index in [9.17, 15) is 4.79 Å². The van der Waals surface area contributed by atoms with Crippen molar-refractivity contribution < 1.29 is 18.8 Å². The Balaban J connectivity index is 1.41. The van der Waals surface area contributed by atoms with E-state index in [1.807, 2.05) is 29.8 Å². The maximum atomic E-state index is 12.8. The molecule has 0 aliphatic rings. The van der Waals surface area contributed by atoms with Crippen molar-refractivity contribution in [1.29, 1.82) is 0 Å². The van der Waals surface area contributed by atoms with Gasteiger partial charge in [-0.15, -0.1) is 0 Å². The van der Waals surface area contributed by atoms with Crippen molar-refractivity contribution in [3.05, 3.63) is 71.0 Å². The van der Waals surface area contributed by atoms with Crippen LogP contribution >= 0.6 is 11.6 Å². The molecule has 3 heterocycles. The number of halogens is 1. The van der Waals surface area contributed by atoms with Gasteiger partial charge in [0.15, 0.2) is 17.3 Å². The van der Waals surface area contributed by atoms with E-state index < -0.39 is 0 Å². The van der Waals surface area contributed by atoms with E-state index in [2.05, 4.69) is 20.4 Å². The molecule has 3 aromatic heterocycles. The molecule has 37 heavy (non-hydrogen) atoms. The maximum absolute atomic E-state index is 12.8. The average molecular weight is 522 g/mol. The summed E-state index contributed by atoms with van der Waals surface area (Å²) in [5, 5.41) is 12.9. The van der Waals surface area contributed by atoms with E-state index in [4.69, 9.17) is 30.7 Å². The summed E-state index contributed by atoms with van der Waals surface area (Å²) >= 11 is 6.62. The molecular weight excluding hydrogens is 498 g/mol. The Morgan fingerprint density at radius 3 is 2.81 bits per heavy atom. The van der Waals surface area contributed by atoms with Gasteiger partial charge in [-0.25, -0.2) is 4.98 Å². The first-order valence-electron chi connectivity index (χ1n) is 11.4. The molecule has 0 spiro atoms. The van der Waals surface area contributed by atoms with Crippen LogP contribution in [0.1, 0.15) is 21.7 Å². The number of para-hydroxylation sites is 1. The average Bonchev–Trinajstić information content (AvgIpc) is 3.65. The zero-order chi connectivity index (χ0) is 25.9. The molecule has 11 nitrogen and oxygen atoms in total. The minimum absolute atomic E-state index is 0.0383. The number of methoxy groups -OCH3 is 2. The van der Waals surface area contributed by atoms with Gasteiger partial charge in [0.1, 0.15) is 5.69 Å². The molecule has 5 aromatic rings. The van der Waals surface area contributed by atoms with Crippen LogP contribution in [0.5, 0.6) is 11.5 Å². The van der Waals surface area contributed by atoms with Crippen LogP contribution in [-0.4, -0.2) is 49.6 Å². The number of nitrogens with one attached hydrogen (secondary N) is 1. The fourth-order valence-corrected chi connectivity index (χ4v) is 4.46. The van der Waals surface area contributed by atoms with Gasteiger partial charge in [-0.3, -0.25) is 9.48 Å². The third-order valence-electron chi connectivity index (χ3n) is 5.79. The van der Waals surface area contributed by atoms with E-state index >= 15 is 0 Å². The van der Waals surface area contributed by atoms with Gasteiger partial charge in [0, 0.05) is 18.9 Å². The first-order chi connectivity index (χ1) is 18.0. The van der Waals surface area contributed by atoms with Gasteiger partial charge < -0.3 is 23.9 Å². The quantitative estimate of drug-likeness (QED) is 0.310. The molecule has 1 N–H and O–H groups in total. The van der Waals surface area contributed by atoms with Crippen molar-refractivity contribution >= 4 is 28.4 Å². The first-order valence-corrected chi connectivity index (χ1v) is 11.8. The van der Waals surface area contributed by atoms with Crippen molar-refractivity contribution in [2.75, 3.05) is 14.2 Å². The molecule has 0 fully saturated rings. The maximum Gasteiger partial charge on any atom is 0.276 e. The molecule has 12 heteroatoms. The van der Waals surface area contributed by atoms with Gasteiger partial charge in [-0.2, -0.15) is 10.1 Å². The Bertz CT molecular complexity index is 1560. The number of aromatic nitrogens is 6. The zero-order valence-electron chi connectivity index (χ0n) is 20.4. The zero-order valence-corrected chi connectivity index (χ0v) is 21.2. The van der Waals surface area contributed by atoms with Gasteiger partial charge in [0.05, 0.1) is 55.1 Å². The summed E-state index contributed by atoms with van der Waals surface area (Å²) in [6.45, 7) is 3.16. The summed E-state index contributed by atoms with van der Waals surface area (Å²) in [5.74, 6) is 0.983. The number of benzene rings is 2. The molecule has 190 valence electrons. The third kappa shape index (κ3) is 4.85. The lowest BCUT2D eigenvalue weighted by Gasteiger charge is -2.11. The number of aryl methyl sites for hydroxylation is 3. The molecule has 0 aliphatic heterocycles. The Kier molecular flexibility index (Phi) is 6.78. The summed E-state index contributed by atoms with van der Waals surface area (Å²) in [4.78, 5) is 21.4. The summed E-state index contributed by atoms with van der Waals surface area (Å²) in [7, 11) is 2.99. The number of hydrogen-bond acceptors (Lipinski definition) is 8. The van der Waals surface area contributed by atoms with Crippen molar-refractivity contribution in [3.63, 3.8) is 0 Å². The number of fused-ring (bicyclic) bond motifs is 1. The van der Waals surface area contributed by atoms with Crippen molar-refractivity contribution in [1.82, 2.24) is 34.8 Å². The molecule has 0 saturated carbocycles. The van der Waals surface area contributed by atoms with Gasteiger partial charge in [0.25, 0.3) is 11.8 Å². The highest BCUT2D eigenvalue weighted by Gasteiger charge is 2.23. The minimum Gasteiger partial charge on any atom is -0.493 e. The molecule has 0 aliphatic carbocycles. The fourth-order valence-electron chi connectivity index (χ4n) is 4.10. The van der Waals surface area contributed by atoms with Gasteiger partial charge in [-0.05, 0) is 36.8 Å². The lowest BCUT2D eigenvalue weighted by Crippen LogP contribution is -2.24. The Labute approximate surface area is 217 Å². The molecular formula is C25H24ClN7O4. The summed E-state index contributed by atoms with van der Waals surface area (Å²) in [6.07, 6.45) is 5.34. The molecule has 0 saturated heterocycles. The Morgan fingerprint density at radius 1 is 1.19 bits per heavy atom. The highest BCUT2D eigenvalue weighted by molar-refractivity contribution is 6.36. The number of carbonyl (C=O) groups is 1. The van der Waals surface area contributed by atoms with E-state index in [-0.39, 0.29) is 18.3 Å². The molecule has 2 aromatic carbocycles.